The van der Waals surface area contributed by atoms with Crippen molar-refractivity contribution in [2.75, 3.05) is 13.1 Å². The molecule has 1 aromatic heterocycles. The molecule has 0 radical (unpaired) electrons. The van der Waals surface area contributed by atoms with Crippen LogP contribution in [0.1, 0.15) is 41.6 Å². The zero-order valence-corrected chi connectivity index (χ0v) is 17.6. The number of halogens is 2. The van der Waals surface area contributed by atoms with Crippen LogP contribution in [0.5, 0.6) is 0 Å². The number of carbonyl (C=O) groups is 2. The van der Waals surface area contributed by atoms with E-state index in [1.807, 2.05) is 17.0 Å². The molecule has 0 spiro atoms. The third-order valence-electron chi connectivity index (χ3n) is 5.79. The van der Waals surface area contributed by atoms with Crippen LogP contribution in [0, 0.1) is 17.6 Å². The summed E-state index contributed by atoms with van der Waals surface area (Å²) >= 11 is 0. The van der Waals surface area contributed by atoms with Crippen molar-refractivity contribution in [1.82, 2.24) is 20.2 Å². The summed E-state index contributed by atoms with van der Waals surface area (Å²) in [7, 11) is 0. The predicted octanol–water partition coefficient (Wildman–Crippen LogP) is 3.86. The monoisotopic (exact) mass is 438 g/mol. The van der Waals surface area contributed by atoms with E-state index in [0.29, 0.717) is 48.1 Å². The number of fused-ring (bicyclic) bond motifs is 1. The molecule has 3 aromatic rings. The Morgan fingerprint density at radius 3 is 2.78 bits per heavy atom. The van der Waals surface area contributed by atoms with Gasteiger partial charge in [0.2, 0.25) is 5.91 Å². The van der Waals surface area contributed by atoms with Gasteiger partial charge in [-0.1, -0.05) is 12.1 Å². The summed E-state index contributed by atoms with van der Waals surface area (Å²) in [5.74, 6) is -1.83. The van der Waals surface area contributed by atoms with Crippen LogP contribution in [-0.4, -0.2) is 39.8 Å². The Hall–Kier alpha value is -3.42. The van der Waals surface area contributed by atoms with E-state index in [0.717, 1.165) is 25.0 Å². The van der Waals surface area contributed by atoms with Gasteiger partial charge in [0.15, 0.2) is 11.6 Å². The lowest BCUT2D eigenvalue weighted by molar-refractivity contribution is -0.121. The number of amides is 2. The summed E-state index contributed by atoms with van der Waals surface area (Å²) in [4.78, 5) is 35.8. The number of hydrogen-bond donors (Lipinski definition) is 1. The van der Waals surface area contributed by atoms with Crippen molar-refractivity contribution < 1.29 is 18.4 Å². The number of para-hydroxylation sites is 1. The molecule has 6 nitrogen and oxygen atoms in total. The summed E-state index contributed by atoms with van der Waals surface area (Å²) in [6.45, 7) is 1.41. The Balaban J connectivity index is 1.30. The molecule has 1 aliphatic rings. The first kappa shape index (κ1) is 21.8. The highest BCUT2D eigenvalue weighted by molar-refractivity contribution is 6.04. The van der Waals surface area contributed by atoms with E-state index in [1.165, 1.54) is 6.07 Å². The highest BCUT2D eigenvalue weighted by Crippen LogP contribution is 2.24. The van der Waals surface area contributed by atoms with E-state index in [2.05, 4.69) is 15.3 Å². The Morgan fingerprint density at radius 1 is 1.09 bits per heavy atom. The highest BCUT2D eigenvalue weighted by atomic mass is 19.2. The first-order chi connectivity index (χ1) is 15.5. The van der Waals surface area contributed by atoms with Gasteiger partial charge in [-0.05, 0) is 55.0 Å². The molecule has 0 bridgehead atoms. The van der Waals surface area contributed by atoms with E-state index in [9.17, 15) is 18.4 Å². The lowest BCUT2D eigenvalue weighted by Gasteiger charge is -2.33. The van der Waals surface area contributed by atoms with Gasteiger partial charge in [0.05, 0.1) is 11.1 Å². The van der Waals surface area contributed by atoms with Crippen LogP contribution in [0.2, 0.25) is 0 Å². The van der Waals surface area contributed by atoms with Crippen molar-refractivity contribution in [1.29, 1.82) is 0 Å². The zero-order chi connectivity index (χ0) is 22.5. The fourth-order valence-electron chi connectivity index (χ4n) is 4.09. The molecule has 2 amide bonds. The molecule has 1 N–H and O–H groups in total. The minimum atomic E-state index is -0.930. The van der Waals surface area contributed by atoms with Gasteiger partial charge in [0.1, 0.15) is 5.52 Å². The Kier molecular flexibility index (Phi) is 6.68. The minimum Gasteiger partial charge on any atom is -0.352 e. The second-order valence-electron chi connectivity index (χ2n) is 8.05. The average Bonchev–Trinajstić information content (AvgIpc) is 2.83. The summed E-state index contributed by atoms with van der Waals surface area (Å²) in [6.07, 6.45) is 5.99. The van der Waals surface area contributed by atoms with E-state index in [4.69, 9.17) is 0 Å². The first-order valence-corrected chi connectivity index (χ1v) is 10.7. The molecule has 2 aromatic carbocycles. The molecule has 1 atom stereocenters. The van der Waals surface area contributed by atoms with Gasteiger partial charge in [-0.2, -0.15) is 0 Å². The maximum absolute atomic E-state index is 13.3. The molecule has 4 rings (SSSR count). The van der Waals surface area contributed by atoms with Crippen molar-refractivity contribution in [3.8, 4) is 0 Å². The van der Waals surface area contributed by atoms with Gasteiger partial charge < -0.3 is 10.2 Å². The third-order valence-corrected chi connectivity index (χ3v) is 5.79. The number of aromatic nitrogens is 2. The number of benzene rings is 2. The molecule has 0 aliphatic carbocycles. The first-order valence-electron chi connectivity index (χ1n) is 10.7. The average molecular weight is 438 g/mol. The maximum atomic E-state index is 13.3. The van der Waals surface area contributed by atoms with Gasteiger partial charge in [-0.15, -0.1) is 0 Å². The molecule has 166 valence electrons. The number of rotatable bonds is 6. The summed E-state index contributed by atoms with van der Waals surface area (Å²) in [5.41, 5.74) is 2.33. The zero-order valence-electron chi connectivity index (χ0n) is 17.6. The highest BCUT2D eigenvalue weighted by Gasteiger charge is 2.26. The van der Waals surface area contributed by atoms with Gasteiger partial charge in [-0.3, -0.25) is 19.6 Å². The summed E-state index contributed by atoms with van der Waals surface area (Å²) in [6, 6.07) is 8.99. The predicted molar refractivity (Wildman–Crippen MR) is 116 cm³/mol. The van der Waals surface area contributed by atoms with Crippen LogP contribution in [0.4, 0.5) is 8.78 Å². The molecule has 2 heterocycles. The minimum absolute atomic E-state index is 0.0661. The maximum Gasteiger partial charge on any atom is 0.256 e. The molecule has 1 fully saturated rings. The topological polar surface area (TPSA) is 75.2 Å². The van der Waals surface area contributed by atoms with E-state index in [1.54, 1.807) is 18.5 Å². The molecular formula is C24H24F2N4O2. The third kappa shape index (κ3) is 5.07. The second kappa shape index (κ2) is 9.80. The van der Waals surface area contributed by atoms with Crippen LogP contribution in [0.3, 0.4) is 0 Å². The lowest BCUT2D eigenvalue weighted by atomic mass is 9.92. The van der Waals surface area contributed by atoms with Crippen molar-refractivity contribution in [3.05, 3.63) is 71.6 Å². The number of nitrogens with one attached hydrogen (secondary N) is 1. The molecule has 1 saturated heterocycles. The van der Waals surface area contributed by atoms with Gasteiger partial charge in [0.25, 0.3) is 5.91 Å². The van der Waals surface area contributed by atoms with Crippen LogP contribution < -0.4 is 5.32 Å². The van der Waals surface area contributed by atoms with Crippen molar-refractivity contribution in [2.24, 2.45) is 5.92 Å². The summed E-state index contributed by atoms with van der Waals surface area (Å²) in [5, 5.41) is 2.74. The van der Waals surface area contributed by atoms with Crippen LogP contribution in [0.25, 0.3) is 11.0 Å². The number of hydrogen-bond acceptors (Lipinski definition) is 4. The summed E-state index contributed by atoms with van der Waals surface area (Å²) < 4.78 is 26.3. The normalized spacial score (nSPS) is 16.2. The number of likely N-dealkylation sites (tertiary alicyclic amines) is 1. The second-order valence-corrected chi connectivity index (χ2v) is 8.05. The quantitative estimate of drug-likeness (QED) is 0.634. The number of nitrogens with zero attached hydrogens (tertiary/aromatic N) is 3. The number of piperidine rings is 1. The largest absolute Gasteiger partial charge is 0.352 e. The molecular weight excluding hydrogens is 414 g/mol. The molecule has 1 unspecified atom stereocenters. The standard InChI is InChI=1S/C24H24F2N4O2/c25-19-8-6-17(13-20(19)26)14-29-22(31)9-7-16-3-2-12-30(15-16)24(32)18-4-1-5-21-23(18)28-11-10-27-21/h1,4-6,8,10-11,13,16H,2-3,7,9,12,14-15H2,(H,29,31). The van der Waals surface area contributed by atoms with Gasteiger partial charge in [0, 0.05) is 38.4 Å². The van der Waals surface area contributed by atoms with Gasteiger partial charge >= 0.3 is 0 Å². The van der Waals surface area contributed by atoms with Gasteiger partial charge in [-0.25, -0.2) is 8.78 Å². The lowest BCUT2D eigenvalue weighted by Crippen LogP contribution is -2.40. The molecule has 1 aliphatic heterocycles. The number of carbonyl (C=O) groups excluding carboxylic acids is 2. The molecule has 32 heavy (non-hydrogen) atoms. The van der Waals surface area contributed by atoms with Crippen LogP contribution >= 0.6 is 0 Å². The SMILES string of the molecule is O=C(CCC1CCCN(C(=O)c2cccc3nccnc23)C1)NCc1ccc(F)c(F)c1. The Bertz CT molecular complexity index is 1130. The van der Waals surface area contributed by atoms with E-state index >= 15 is 0 Å². The Morgan fingerprint density at radius 2 is 1.94 bits per heavy atom. The van der Waals surface area contributed by atoms with E-state index < -0.39 is 11.6 Å². The Labute approximate surface area is 184 Å². The van der Waals surface area contributed by atoms with Crippen molar-refractivity contribution in [3.63, 3.8) is 0 Å². The van der Waals surface area contributed by atoms with Crippen LogP contribution in [0.15, 0.2) is 48.8 Å². The van der Waals surface area contributed by atoms with E-state index in [-0.39, 0.29) is 24.3 Å². The smallest absolute Gasteiger partial charge is 0.256 e. The fraction of sp³-hybridized carbons (Fsp3) is 0.333. The molecule has 8 heteroatoms. The fourth-order valence-corrected chi connectivity index (χ4v) is 4.09. The molecule has 0 saturated carbocycles. The van der Waals surface area contributed by atoms with Crippen molar-refractivity contribution >= 4 is 22.8 Å². The van der Waals surface area contributed by atoms with Crippen LogP contribution in [-0.2, 0) is 11.3 Å². The van der Waals surface area contributed by atoms with Crippen molar-refractivity contribution in [2.45, 2.75) is 32.2 Å².